The maximum absolute atomic E-state index is 10.5. The lowest BCUT2D eigenvalue weighted by atomic mass is 10.1. The summed E-state index contributed by atoms with van der Waals surface area (Å²) in [7, 11) is 0. The van der Waals surface area contributed by atoms with E-state index in [4.69, 9.17) is 4.98 Å². The molecule has 0 amide bonds. The largest absolute Gasteiger partial charge is 0.508 e. The Balaban J connectivity index is 1.78. The summed E-state index contributed by atoms with van der Waals surface area (Å²) < 4.78 is 2.35. The fourth-order valence-electron chi connectivity index (χ4n) is 4.51. The van der Waals surface area contributed by atoms with Crippen molar-refractivity contribution in [3.8, 4) is 28.4 Å². The normalized spacial score (nSPS) is 11.3. The lowest BCUT2D eigenvalue weighted by molar-refractivity contribution is 0.243. The molecule has 0 atom stereocenters. The van der Waals surface area contributed by atoms with E-state index < -0.39 is 0 Å². The molecule has 3 aromatic carbocycles. The minimum absolute atomic E-state index is 0.365. The topological polar surface area (TPSA) is 41.3 Å². The zero-order chi connectivity index (χ0) is 23.9. The quantitative estimate of drug-likeness (QED) is 0.280. The summed E-state index contributed by atoms with van der Waals surface area (Å²) in [4.78, 5) is 7.63. The summed E-state index contributed by atoms with van der Waals surface area (Å²) in [5, 5.41) is 10.5. The fraction of sp³-hybridized carbons (Fsp3) is 0.300. The van der Waals surface area contributed by atoms with Gasteiger partial charge in [-0.15, -0.1) is 0 Å². The van der Waals surface area contributed by atoms with E-state index in [1.165, 1.54) is 5.69 Å². The smallest absolute Gasteiger partial charge is 0.140 e. The van der Waals surface area contributed by atoms with Crippen molar-refractivity contribution in [3.63, 3.8) is 0 Å². The van der Waals surface area contributed by atoms with Crippen LogP contribution < -0.4 is 0 Å². The van der Waals surface area contributed by atoms with Crippen LogP contribution in [0.15, 0.2) is 78.9 Å². The van der Waals surface area contributed by atoms with Gasteiger partial charge in [0, 0.05) is 36.3 Å². The van der Waals surface area contributed by atoms with Crippen molar-refractivity contribution < 1.29 is 5.11 Å². The van der Waals surface area contributed by atoms with Crippen LogP contribution in [0, 0.1) is 6.92 Å². The van der Waals surface area contributed by atoms with Gasteiger partial charge < -0.3 is 9.67 Å². The maximum Gasteiger partial charge on any atom is 0.140 e. The van der Waals surface area contributed by atoms with Crippen molar-refractivity contribution in [2.75, 3.05) is 6.54 Å². The molecular formula is C30H35N3O. The molecular weight excluding hydrogens is 418 g/mol. The molecule has 0 bridgehead atoms. The van der Waals surface area contributed by atoms with E-state index in [9.17, 15) is 5.11 Å². The highest BCUT2D eigenvalue weighted by atomic mass is 16.3. The first kappa shape index (κ1) is 23.8. The third-order valence-corrected chi connectivity index (χ3v) is 6.30. The SMILES string of the molecule is CCCCN(Cc1cc(C)ccc1O)Cc1c(-c2ccccc2)nc(-c2ccccc2)n1CC. The van der Waals surface area contributed by atoms with Crippen LogP contribution in [0.3, 0.4) is 0 Å². The summed E-state index contributed by atoms with van der Waals surface area (Å²) >= 11 is 0. The molecule has 0 radical (unpaired) electrons. The molecule has 4 aromatic rings. The van der Waals surface area contributed by atoms with Crippen LogP contribution in [0.2, 0.25) is 0 Å². The van der Waals surface area contributed by atoms with E-state index >= 15 is 0 Å². The lowest BCUT2D eigenvalue weighted by Gasteiger charge is -2.24. The van der Waals surface area contributed by atoms with Gasteiger partial charge in [-0.05, 0) is 32.9 Å². The Labute approximate surface area is 203 Å². The summed E-state index contributed by atoms with van der Waals surface area (Å²) in [6, 6.07) is 26.8. The van der Waals surface area contributed by atoms with E-state index in [0.717, 1.165) is 66.2 Å². The number of unbranched alkanes of at least 4 members (excludes halogenated alkanes) is 1. The highest BCUT2D eigenvalue weighted by Gasteiger charge is 2.21. The van der Waals surface area contributed by atoms with Crippen molar-refractivity contribution >= 4 is 0 Å². The summed E-state index contributed by atoms with van der Waals surface area (Å²) in [5.74, 6) is 1.37. The number of benzene rings is 3. The first-order valence-corrected chi connectivity index (χ1v) is 12.3. The predicted molar refractivity (Wildman–Crippen MR) is 141 cm³/mol. The second-order valence-corrected chi connectivity index (χ2v) is 8.90. The minimum atomic E-state index is 0.365. The van der Waals surface area contributed by atoms with Gasteiger partial charge in [-0.25, -0.2) is 4.98 Å². The van der Waals surface area contributed by atoms with Gasteiger partial charge in [-0.3, -0.25) is 4.90 Å². The average Bonchev–Trinajstić information content (AvgIpc) is 3.24. The zero-order valence-corrected chi connectivity index (χ0v) is 20.5. The Morgan fingerprint density at radius 1 is 0.853 bits per heavy atom. The number of hydrogen-bond acceptors (Lipinski definition) is 3. The van der Waals surface area contributed by atoms with E-state index in [1.807, 2.05) is 24.3 Å². The Morgan fingerprint density at radius 3 is 2.18 bits per heavy atom. The number of phenolic OH excluding ortho intramolecular Hbond substituents is 1. The molecule has 0 saturated heterocycles. The van der Waals surface area contributed by atoms with Crippen molar-refractivity contribution in [1.82, 2.24) is 14.5 Å². The van der Waals surface area contributed by atoms with Gasteiger partial charge in [0.25, 0.3) is 0 Å². The van der Waals surface area contributed by atoms with Gasteiger partial charge in [-0.2, -0.15) is 0 Å². The Bertz CT molecular complexity index is 1200. The summed E-state index contributed by atoms with van der Waals surface area (Å²) in [6.45, 7) is 9.77. The van der Waals surface area contributed by atoms with Gasteiger partial charge in [0.15, 0.2) is 0 Å². The molecule has 1 N–H and O–H groups in total. The minimum Gasteiger partial charge on any atom is -0.508 e. The molecule has 0 spiro atoms. The predicted octanol–water partition coefficient (Wildman–Crippen LogP) is 7.05. The molecule has 1 heterocycles. The van der Waals surface area contributed by atoms with Crippen LogP contribution in [0.5, 0.6) is 5.75 Å². The van der Waals surface area contributed by atoms with Gasteiger partial charge >= 0.3 is 0 Å². The third-order valence-electron chi connectivity index (χ3n) is 6.30. The van der Waals surface area contributed by atoms with Gasteiger partial charge in [0.05, 0.1) is 11.4 Å². The molecule has 0 fully saturated rings. The van der Waals surface area contributed by atoms with Crippen LogP contribution in [0.1, 0.15) is 43.5 Å². The molecule has 0 unspecified atom stereocenters. The van der Waals surface area contributed by atoms with Crippen molar-refractivity contribution in [1.29, 1.82) is 0 Å². The average molecular weight is 454 g/mol. The number of nitrogens with zero attached hydrogens (tertiary/aromatic N) is 3. The van der Waals surface area contributed by atoms with E-state index in [2.05, 4.69) is 84.8 Å². The Hall–Kier alpha value is -3.37. The molecule has 4 nitrogen and oxygen atoms in total. The molecule has 0 aliphatic heterocycles. The number of rotatable bonds is 10. The van der Waals surface area contributed by atoms with Gasteiger partial charge in [-0.1, -0.05) is 91.7 Å². The first-order chi connectivity index (χ1) is 16.6. The van der Waals surface area contributed by atoms with E-state index in [1.54, 1.807) is 0 Å². The number of aromatic hydroxyl groups is 1. The number of imidazole rings is 1. The van der Waals surface area contributed by atoms with Crippen molar-refractivity contribution in [2.24, 2.45) is 0 Å². The molecule has 4 heteroatoms. The Morgan fingerprint density at radius 2 is 1.53 bits per heavy atom. The number of aryl methyl sites for hydroxylation is 1. The highest BCUT2D eigenvalue weighted by molar-refractivity contribution is 5.68. The molecule has 4 rings (SSSR count). The summed E-state index contributed by atoms with van der Waals surface area (Å²) in [6.07, 6.45) is 2.24. The van der Waals surface area contributed by atoms with Crippen LogP contribution in [-0.2, 0) is 19.6 Å². The lowest BCUT2D eigenvalue weighted by Crippen LogP contribution is -2.26. The summed E-state index contributed by atoms with van der Waals surface area (Å²) in [5.41, 5.74) is 6.66. The molecule has 34 heavy (non-hydrogen) atoms. The van der Waals surface area contributed by atoms with Gasteiger partial charge in [0.1, 0.15) is 11.6 Å². The zero-order valence-electron chi connectivity index (χ0n) is 20.5. The monoisotopic (exact) mass is 453 g/mol. The molecule has 1 aromatic heterocycles. The number of hydrogen-bond donors (Lipinski definition) is 1. The molecule has 0 saturated carbocycles. The van der Waals surface area contributed by atoms with E-state index in [0.29, 0.717) is 12.3 Å². The van der Waals surface area contributed by atoms with Crippen molar-refractivity contribution in [2.45, 2.75) is 53.2 Å². The van der Waals surface area contributed by atoms with Crippen LogP contribution in [0.4, 0.5) is 0 Å². The second-order valence-electron chi connectivity index (χ2n) is 8.90. The van der Waals surface area contributed by atoms with Crippen LogP contribution >= 0.6 is 0 Å². The van der Waals surface area contributed by atoms with Crippen LogP contribution in [-0.4, -0.2) is 26.1 Å². The standard InChI is InChI=1S/C30H35N3O/c1-4-6-19-32(21-26-20-23(3)17-18-28(26)34)22-27-29(24-13-9-7-10-14-24)31-30(33(27)5-2)25-15-11-8-12-16-25/h7-18,20,34H,4-6,19,21-22H2,1-3H3. The fourth-order valence-corrected chi connectivity index (χ4v) is 4.51. The second kappa shape index (κ2) is 11.2. The van der Waals surface area contributed by atoms with Crippen LogP contribution in [0.25, 0.3) is 22.6 Å². The van der Waals surface area contributed by atoms with Crippen molar-refractivity contribution in [3.05, 3.63) is 95.7 Å². The highest BCUT2D eigenvalue weighted by Crippen LogP contribution is 2.31. The first-order valence-electron chi connectivity index (χ1n) is 12.3. The molecule has 0 aliphatic carbocycles. The Kier molecular flexibility index (Phi) is 7.81. The maximum atomic E-state index is 10.5. The molecule has 176 valence electrons. The number of aromatic nitrogens is 2. The molecule has 0 aliphatic rings. The van der Waals surface area contributed by atoms with E-state index in [-0.39, 0.29) is 0 Å². The number of phenols is 1. The third kappa shape index (κ3) is 5.40. The van der Waals surface area contributed by atoms with Gasteiger partial charge in [0.2, 0.25) is 0 Å².